The fourth-order valence-electron chi connectivity index (χ4n) is 3.15. The van der Waals surface area contributed by atoms with Gasteiger partial charge in [-0.05, 0) is 31.9 Å². The molecule has 0 aliphatic heterocycles. The number of nitrogens with one attached hydrogen (secondary N) is 1. The molecule has 24 heavy (non-hydrogen) atoms. The zero-order chi connectivity index (χ0) is 17.3. The van der Waals surface area contributed by atoms with Gasteiger partial charge < -0.3 is 5.32 Å². The molecule has 3 rings (SSSR count). The molecule has 1 N–H and O–H groups in total. The Bertz CT molecular complexity index is 947. The number of benzene rings is 1. The fourth-order valence-corrected chi connectivity index (χ4v) is 3.15. The van der Waals surface area contributed by atoms with Crippen LogP contribution in [-0.2, 0) is 20.0 Å². The molecule has 0 fully saturated rings. The number of hydrogen-bond acceptors (Lipinski definition) is 4. The topological polar surface area (TPSA) is 66.5 Å². The molecule has 0 amide bonds. The number of fused-ring (bicyclic) bond motifs is 1. The lowest BCUT2D eigenvalue weighted by Crippen LogP contribution is -2.04. The Hall–Kier alpha value is -2.87. The van der Waals surface area contributed by atoms with Gasteiger partial charge in [-0.15, -0.1) is 0 Å². The summed E-state index contributed by atoms with van der Waals surface area (Å²) in [6, 6.07) is 6.45. The lowest BCUT2D eigenvalue weighted by atomic mass is 10.0. The summed E-state index contributed by atoms with van der Waals surface area (Å²) in [5.74, 6) is 0. The van der Waals surface area contributed by atoms with E-state index in [0.29, 0.717) is 12.1 Å². The molecule has 0 bridgehead atoms. The molecular weight excluding hydrogens is 298 g/mol. The van der Waals surface area contributed by atoms with Crippen LogP contribution in [0.1, 0.15) is 34.9 Å². The van der Waals surface area contributed by atoms with Gasteiger partial charge >= 0.3 is 0 Å². The second kappa shape index (κ2) is 6.32. The van der Waals surface area contributed by atoms with E-state index in [2.05, 4.69) is 54.4 Å². The predicted octanol–water partition coefficient (Wildman–Crippen LogP) is 3.63. The Balaban J connectivity index is 2.06. The molecule has 2 heterocycles. The molecule has 0 unspecified atom stereocenters. The van der Waals surface area contributed by atoms with Crippen molar-refractivity contribution in [1.82, 2.24) is 14.8 Å². The van der Waals surface area contributed by atoms with Gasteiger partial charge in [0, 0.05) is 36.9 Å². The second-order valence-corrected chi connectivity index (χ2v) is 6.12. The Morgan fingerprint density at radius 2 is 2.08 bits per heavy atom. The monoisotopic (exact) mass is 319 g/mol. The molecule has 0 spiro atoms. The van der Waals surface area contributed by atoms with Crippen molar-refractivity contribution in [3.05, 3.63) is 52.5 Å². The summed E-state index contributed by atoms with van der Waals surface area (Å²) in [6.45, 7) is 6.85. The Morgan fingerprint density at radius 3 is 2.79 bits per heavy atom. The summed E-state index contributed by atoms with van der Waals surface area (Å²) in [5, 5.41) is 18.4. The van der Waals surface area contributed by atoms with E-state index in [4.69, 9.17) is 0 Å². The van der Waals surface area contributed by atoms with Crippen LogP contribution in [0, 0.1) is 25.2 Å². The van der Waals surface area contributed by atoms with Crippen LogP contribution >= 0.6 is 0 Å². The van der Waals surface area contributed by atoms with Crippen molar-refractivity contribution < 1.29 is 0 Å². The predicted molar refractivity (Wildman–Crippen MR) is 95.8 cm³/mol. The highest BCUT2D eigenvalue weighted by Crippen LogP contribution is 2.29. The van der Waals surface area contributed by atoms with Gasteiger partial charge in [-0.3, -0.25) is 9.67 Å². The molecule has 0 saturated carbocycles. The van der Waals surface area contributed by atoms with Gasteiger partial charge in [0.05, 0.1) is 22.5 Å². The highest BCUT2D eigenvalue weighted by molar-refractivity contribution is 5.96. The van der Waals surface area contributed by atoms with Crippen LogP contribution in [0.2, 0.25) is 0 Å². The first-order chi connectivity index (χ1) is 11.5. The highest BCUT2D eigenvalue weighted by atomic mass is 15.3. The molecule has 3 aromatic rings. The Morgan fingerprint density at radius 1 is 1.29 bits per heavy atom. The smallest absolute Gasteiger partial charge is 0.103 e. The van der Waals surface area contributed by atoms with Gasteiger partial charge in [0.25, 0.3) is 0 Å². The molecule has 2 aromatic heterocycles. The summed E-state index contributed by atoms with van der Waals surface area (Å²) in [5.41, 5.74) is 6.86. The lowest BCUT2D eigenvalue weighted by Gasteiger charge is -2.13. The van der Waals surface area contributed by atoms with Crippen LogP contribution < -0.4 is 5.32 Å². The van der Waals surface area contributed by atoms with Gasteiger partial charge in [0.15, 0.2) is 0 Å². The van der Waals surface area contributed by atoms with E-state index < -0.39 is 0 Å². The third-order valence-electron chi connectivity index (χ3n) is 4.21. The quantitative estimate of drug-likeness (QED) is 0.797. The van der Waals surface area contributed by atoms with Gasteiger partial charge in [0.1, 0.15) is 6.07 Å². The van der Waals surface area contributed by atoms with Crippen molar-refractivity contribution in [2.24, 2.45) is 7.05 Å². The largest absolute Gasteiger partial charge is 0.379 e. The van der Waals surface area contributed by atoms with Crippen LogP contribution in [0.4, 0.5) is 5.69 Å². The number of nitrogens with zero attached hydrogens (tertiary/aromatic N) is 4. The molecule has 0 aliphatic rings. The van der Waals surface area contributed by atoms with E-state index in [-0.39, 0.29) is 0 Å². The second-order valence-electron chi connectivity index (χ2n) is 6.12. The van der Waals surface area contributed by atoms with E-state index in [9.17, 15) is 5.26 Å². The first-order valence-corrected chi connectivity index (χ1v) is 8.08. The third kappa shape index (κ3) is 2.83. The van der Waals surface area contributed by atoms with Crippen LogP contribution in [0.15, 0.2) is 24.5 Å². The molecule has 122 valence electrons. The summed E-state index contributed by atoms with van der Waals surface area (Å²) >= 11 is 0. The maximum atomic E-state index is 9.47. The maximum Gasteiger partial charge on any atom is 0.103 e. The first kappa shape index (κ1) is 16.0. The molecule has 5 nitrogen and oxygen atoms in total. The van der Waals surface area contributed by atoms with Crippen molar-refractivity contribution in [3.63, 3.8) is 0 Å². The molecule has 0 aliphatic carbocycles. The standard InChI is InChI=1S/C19H21N5/c1-5-17-15(11-24(4)23-17)10-22-19-14(8-20)9-21-18-13(3)6-12(2)7-16(18)19/h6-7,9,11H,5,10H2,1-4H3,(H,21,22). The zero-order valence-corrected chi connectivity index (χ0v) is 14.5. The number of rotatable bonds is 4. The minimum absolute atomic E-state index is 0.564. The van der Waals surface area contributed by atoms with Crippen LogP contribution in [0.3, 0.4) is 0 Å². The fraction of sp³-hybridized carbons (Fsp3) is 0.316. The molecule has 0 atom stereocenters. The highest BCUT2D eigenvalue weighted by Gasteiger charge is 2.12. The van der Waals surface area contributed by atoms with Gasteiger partial charge in [-0.1, -0.05) is 18.6 Å². The third-order valence-corrected chi connectivity index (χ3v) is 4.21. The molecule has 0 saturated heterocycles. The SMILES string of the molecule is CCc1nn(C)cc1CNc1c(C#N)cnc2c(C)cc(C)cc12. The van der Waals surface area contributed by atoms with E-state index >= 15 is 0 Å². The minimum Gasteiger partial charge on any atom is -0.379 e. The van der Waals surface area contributed by atoms with Crippen molar-refractivity contribution in [2.45, 2.75) is 33.7 Å². The summed E-state index contributed by atoms with van der Waals surface area (Å²) < 4.78 is 1.83. The first-order valence-electron chi connectivity index (χ1n) is 8.08. The van der Waals surface area contributed by atoms with Gasteiger partial charge in [-0.2, -0.15) is 10.4 Å². The van der Waals surface area contributed by atoms with Crippen LogP contribution in [-0.4, -0.2) is 14.8 Å². The molecule has 1 aromatic carbocycles. The van der Waals surface area contributed by atoms with Crippen LogP contribution in [0.25, 0.3) is 10.9 Å². The van der Waals surface area contributed by atoms with E-state index in [1.165, 1.54) is 0 Å². The van der Waals surface area contributed by atoms with Gasteiger partial charge in [0.2, 0.25) is 0 Å². The summed E-state index contributed by atoms with van der Waals surface area (Å²) in [7, 11) is 1.93. The van der Waals surface area contributed by atoms with Crippen molar-refractivity contribution in [3.8, 4) is 6.07 Å². The van der Waals surface area contributed by atoms with E-state index in [1.807, 2.05) is 17.9 Å². The Labute approximate surface area is 141 Å². The van der Waals surface area contributed by atoms with Crippen LogP contribution in [0.5, 0.6) is 0 Å². The average Bonchev–Trinajstić information content (AvgIpc) is 2.92. The molecule has 5 heteroatoms. The lowest BCUT2D eigenvalue weighted by molar-refractivity contribution is 0.746. The van der Waals surface area contributed by atoms with E-state index in [1.54, 1.807) is 6.20 Å². The van der Waals surface area contributed by atoms with Crippen molar-refractivity contribution in [1.29, 1.82) is 5.26 Å². The van der Waals surface area contributed by atoms with Crippen molar-refractivity contribution >= 4 is 16.6 Å². The summed E-state index contributed by atoms with van der Waals surface area (Å²) in [4.78, 5) is 4.47. The average molecular weight is 319 g/mol. The Kier molecular flexibility index (Phi) is 4.22. The molecular formula is C19H21N5. The zero-order valence-electron chi connectivity index (χ0n) is 14.5. The summed E-state index contributed by atoms with van der Waals surface area (Å²) in [6.07, 6.45) is 4.56. The minimum atomic E-state index is 0.564. The number of aryl methyl sites for hydroxylation is 4. The van der Waals surface area contributed by atoms with E-state index in [0.717, 1.165) is 45.4 Å². The van der Waals surface area contributed by atoms with Gasteiger partial charge in [-0.25, -0.2) is 0 Å². The van der Waals surface area contributed by atoms with Crippen molar-refractivity contribution in [2.75, 3.05) is 5.32 Å². The number of nitriles is 1. The molecule has 0 radical (unpaired) electrons. The number of aromatic nitrogens is 3. The normalized spacial score (nSPS) is 10.8. The maximum absolute atomic E-state index is 9.47. The number of pyridine rings is 1. The number of anilines is 1. The number of hydrogen-bond donors (Lipinski definition) is 1.